The predicted molar refractivity (Wildman–Crippen MR) is 56.8 cm³/mol. The lowest BCUT2D eigenvalue weighted by atomic mass is 10.2. The van der Waals surface area contributed by atoms with E-state index in [1.54, 1.807) is 18.2 Å². The Hall–Kier alpha value is -1.55. The number of rotatable bonds is 1. The summed E-state index contributed by atoms with van der Waals surface area (Å²) in [7, 11) is 1.14. The van der Waals surface area contributed by atoms with Gasteiger partial charge in [-0.1, -0.05) is 17.7 Å². The molecule has 80 valence electrons. The highest BCUT2D eigenvalue weighted by Crippen LogP contribution is 2.19. The van der Waals surface area contributed by atoms with Crippen molar-refractivity contribution in [3.63, 3.8) is 0 Å². The van der Waals surface area contributed by atoms with E-state index in [0.29, 0.717) is 10.7 Å². The second-order valence-electron chi connectivity index (χ2n) is 2.91. The molecule has 0 atom stereocenters. The zero-order chi connectivity index (χ0) is 11.4. The second-order valence-corrected chi connectivity index (χ2v) is 3.32. The van der Waals surface area contributed by atoms with Crippen molar-refractivity contribution in [2.24, 2.45) is 0 Å². The topological polar surface area (TPSA) is 55.4 Å². The molecule has 0 aliphatic rings. The maximum atomic E-state index is 11.1. The van der Waals surface area contributed by atoms with Crippen LogP contribution in [-0.4, -0.2) is 19.0 Å². The van der Waals surface area contributed by atoms with E-state index in [-0.39, 0.29) is 0 Å². The molecule has 1 aromatic carbocycles. The van der Waals surface area contributed by atoms with Crippen LogP contribution in [0.3, 0.4) is 0 Å². The maximum absolute atomic E-state index is 11.1. The number of halogens is 1. The van der Waals surface area contributed by atoms with Crippen LogP contribution in [0.2, 0.25) is 5.02 Å². The zero-order valence-corrected chi connectivity index (χ0v) is 9.09. The van der Waals surface area contributed by atoms with Crippen LogP contribution in [0.25, 0.3) is 0 Å². The summed E-state index contributed by atoms with van der Waals surface area (Å²) in [5.41, 5.74) is 1.36. The molecule has 0 radical (unpaired) electrons. The van der Waals surface area contributed by atoms with Crippen molar-refractivity contribution in [3.8, 4) is 0 Å². The summed E-state index contributed by atoms with van der Waals surface area (Å²) < 4.78 is 4.25. The van der Waals surface area contributed by atoms with E-state index in [1.165, 1.54) is 0 Å². The molecule has 0 bridgehead atoms. The van der Waals surface area contributed by atoms with Gasteiger partial charge < -0.3 is 10.1 Å². The average molecular weight is 228 g/mol. The Morgan fingerprint density at radius 3 is 2.60 bits per heavy atom. The second kappa shape index (κ2) is 4.79. The SMILES string of the molecule is COC(=O)C(=O)Nc1ccc(C)c(Cl)c1. The normalized spacial score (nSPS) is 9.53. The van der Waals surface area contributed by atoms with Crippen LogP contribution < -0.4 is 5.32 Å². The van der Waals surface area contributed by atoms with Gasteiger partial charge in [-0.2, -0.15) is 0 Å². The standard InChI is InChI=1S/C10H10ClNO3/c1-6-3-4-7(5-8(6)11)12-9(13)10(14)15-2/h3-5H,1-2H3,(H,12,13). The van der Waals surface area contributed by atoms with E-state index in [9.17, 15) is 9.59 Å². The van der Waals surface area contributed by atoms with Crippen LogP contribution in [0.5, 0.6) is 0 Å². The molecule has 0 saturated heterocycles. The highest BCUT2D eigenvalue weighted by molar-refractivity contribution is 6.37. The third-order valence-corrected chi connectivity index (χ3v) is 2.21. The number of amides is 1. The minimum absolute atomic E-state index is 0.459. The Bertz CT molecular complexity index is 404. The molecular formula is C10H10ClNO3. The third-order valence-electron chi connectivity index (χ3n) is 1.80. The molecule has 0 saturated carbocycles. The lowest BCUT2D eigenvalue weighted by molar-refractivity contribution is -0.150. The Balaban J connectivity index is 2.77. The van der Waals surface area contributed by atoms with Crippen LogP contribution >= 0.6 is 11.6 Å². The third kappa shape index (κ3) is 2.95. The number of hydrogen-bond donors (Lipinski definition) is 1. The van der Waals surface area contributed by atoms with E-state index < -0.39 is 11.9 Å². The lowest BCUT2D eigenvalue weighted by Crippen LogP contribution is -2.23. The fourth-order valence-electron chi connectivity index (χ4n) is 0.945. The molecular weight excluding hydrogens is 218 g/mol. The minimum atomic E-state index is -0.938. The average Bonchev–Trinajstić information content (AvgIpc) is 2.22. The van der Waals surface area contributed by atoms with E-state index in [2.05, 4.69) is 10.1 Å². The largest absolute Gasteiger partial charge is 0.462 e. The summed E-state index contributed by atoms with van der Waals surface area (Å²) in [4.78, 5) is 21.9. The van der Waals surface area contributed by atoms with Crippen LogP contribution in [0.15, 0.2) is 18.2 Å². The lowest BCUT2D eigenvalue weighted by Gasteiger charge is -2.05. The number of esters is 1. The van der Waals surface area contributed by atoms with Gasteiger partial charge in [0.2, 0.25) is 0 Å². The molecule has 4 nitrogen and oxygen atoms in total. The highest BCUT2D eigenvalue weighted by atomic mass is 35.5. The molecule has 0 fully saturated rings. The van der Waals surface area contributed by atoms with E-state index >= 15 is 0 Å². The van der Waals surface area contributed by atoms with Gasteiger partial charge in [-0.25, -0.2) is 4.79 Å². The Morgan fingerprint density at radius 1 is 1.40 bits per heavy atom. The molecule has 0 heterocycles. The summed E-state index contributed by atoms with van der Waals surface area (Å²) in [6, 6.07) is 4.97. The summed E-state index contributed by atoms with van der Waals surface area (Å²) in [6.07, 6.45) is 0. The number of anilines is 1. The summed E-state index contributed by atoms with van der Waals surface area (Å²) in [6.45, 7) is 1.84. The van der Waals surface area contributed by atoms with Gasteiger partial charge in [0, 0.05) is 10.7 Å². The van der Waals surface area contributed by atoms with Crippen LogP contribution in [-0.2, 0) is 14.3 Å². The molecule has 0 aliphatic carbocycles. The quantitative estimate of drug-likeness (QED) is 0.588. The molecule has 1 aromatic rings. The smallest absolute Gasteiger partial charge is 0.396 e. The number of aryl methyl sites for hydroxylation is 1. The highest BCUT2D eigenvalue weighted by Gasteiger charge is 2.13. The Morgan fingerprint density at radius 2 is 2.07 bits per heavy atom. The maximum Gasteiger partial charge on any atom is 0.396 e. The van der Waals surface area contributed by atoms with Crippen LogP contribution in [0, 0.1) is 6.92 Å². The molecule has 15 heavy (non-hydrogen) atoms. The number of ether oxygens (including phenoxy) is 1. The Labute approximate surface area is 92.2 Å². The number of nitrogens with one attached hydrogen (secondary N) is 1. The number of methoxy groups -OCH3 is 1. The van der Waals surface area contributed by atoms with Crippen molar-refractivity contribution < 1.29 is 14.3 Å². The summed E-state index contributed by atoms with van der Waals surface area (Å²) >= 11 is 5.84. The zero-order valence-electron chi connectivity index (χ0n) is 8.33. The van der Waals surface area contributed by atoms with Gasteiger partial charge in [-0.05, 0) is 24.6 Å². The first-order valence-corrected chi connectivity index (χ1v) is 4.58. The van der Waals surface area contributed by atoms with Gasteiger partial charge in [0.25, 0.3) is 0 Å². The monoisotopic (exact) mass is 227 g/mol. The van der Waals surface area contributed by atoms with Gasteiger partial charge in [0.15, 0.2) is 0 Å². The fraction of sp³-hybridized carbons (Fsp3) is 0.200. The van der Waals surface area contributed by atoms with Crippen molar-refractivity contribution >= 4 is 29.2 Å². The van der Waals surface area contributed by atoms with Gasteiger partial charge in [-0.15, -0.1) is 0 Å². The molecule has 5 heteroatoms. The van der Waals surface area contributed by atoms with Crippen molar-refractivity contribution in [1.82, 2.24) is 0 Å². The van der Waals surface area contributed by atoms with Gasteiger partial charge in [-0.3, -0.25) is 4.79 Å². The fourth-order valence-corrected chi connectivity index (χ4v) is 1.13. The van der Waals surface area contributed by atoms with Crippen molar-refractivity contribution in [2.75, 3.05) is 12.4 Å². The van der Waals surface area contributed by atoms with Crippen molar-refractivity contribution in [3.05, 3.63) is 28.8 Å². The van der Waals surface area contributed by atoms with Crippen LogP contribution in [0.1, 0.15) is 5.56 Å². The molecule has 1 rings (SSSR count). The number of hydrogen-bond acceptors (Lipinski definition) is 3. The number of carbonyl (C=O) groups is 2. The van der Waals surface area contributed by atoms with Gasteiger partial charge in [0.1, 0.15) is 0 Å². The predicted octanol–water partition coefficient (Wildman–Crippen LogP) is 1.76. The molecule has 1 N–H and O–H groups in total. The van der Waals surface area contributed by atoms with Crippen molar-refractivity contribution in [1.29, 1.82) is 0 Å². The Kier molecular flexibility index (Phi) is 3.68. The van der Waals surface area contributed by atoms with Gasteiger partial charge in [0.05, 0.1) is 7.11 Å². The minimum Gasteiger partial charge on any atom is -0.462 e. The molecule has 0 spiro atoms. The molecule has 0 unspecified atom stereocenters. The summed E-state index contributed by atoms with van der Waals surface area (Å²) in [5.74, 6) is -1.76. The molecule has 0 aromatic heterocycles. The molecule has 0 aliphatic heterocycles. The van der Waals surface area contributed by atoms with E-state index in [0.717, 1.165) is 12.7 Å². The van der Waals surface area contributed by atoms with Crippen LogP contribution in [0.4, 0.5) is 5.69 Å². The number of benzene rings is 1. The first-order chi connectivity index (χ1) is 7.04. The van der Waals surface area contributed by atoms with E-state index in [1.807, 2.05) is 6.92 Å². The van der Waals surface area contributed by atoms with Gasteiger partial charge >= 0.3 is 11.9 Å². The number of carbonyl (C=O) groups excluding carboxylic acids is 2. The molecule has 1 amide bonds. The van der Waals surface area contributed by atoms with Crippen molar-refractivity contribution in [2.45, 2.75) is 6.92 Å². The first-order valence-electron chi connectivity index (χ1n) is 4.20. The van der Waals surface area contributed by atoms with E-state index in [4.69, 9.17) is 11.6 Å². The first kappa shape index (κ1) is 11.5. The summed E-state index contributed by atoms with van der Waals surface area (Å²) in [5, 5.41) is 2.89.